The Labute approximate surface area is 130 Å². The maximum absolute atomic E-state index is 12.2. The Hall–Kier alpha value is -2.11. The van der Waals surface area contributed by atoms with Crippen molar-refractivity contribution in [2.75, 3.05) is 5.32 Å². The highest BCUT2D eigenvalue weighted by atomic mass is 35.5. The van der Waals surface area contributed by atoms with E-state index in [1.807, 2.05) is 19.1 Å². The van der Waals surface area contributed by atoms with Crippen molar-refractivity contribution in [2.45, 2.75) is 6.92 Å². The number of pyridine rings is 1. The van der Waals surface area contributed by atoms with Gasteiger partial charge in [-0.1, -0.05) is 23.2 Å². The molecule has 3 aromatic rings. The van der Waals surface area contributed by atoms with Gasteiger partial charge in [0.15, 0.2) is 11.5 Å². The summed E-state index contributed by atoms with van der Waals surface area (Å²) >= 11 is 11.7. The lowest BCUT2D eigenvalue weighted by atomic mass is 10.2. The van der Waals surface area contributed by atoms with Gasteiger partial charge in [-0.15, -0.1) is 0 Å². The largest absolute Gasteiger partial charge is 0.305 e. The van der Waals surface area contributed by atoms with Crippen molar-refractivity contribution in [3.8, 4) is 0 Å². The van der Waals surface area contributed by atoms with Gasteiger partial charge in [0.2, 0.25) is 0 Å². The number of amides is 1. The first-order chi connectivity index (χ1) is 10.0. The molecular formula is C14H10Cl2N4O. The van der Waals surface area contributed by atoms with Crippen LogP contribution in [0.15, 0.2) is 30.3 Å². The molecule has 2 heterocycles. The molecule has 0 aliphatic carbocycles. The van der Waals surface area contributed by atoms with Gasteiger partial charge in [0.05, 0.1) is 15.4 Å². The number of carbonyl (C=O) groups is 1. The fourth-order valence-corrected chi connectivity index (χ4v) is 2.21. The van der Waals surface area contributed by atoms with Crippen molar-refractivity contribution in [1.29, 1.82) is 0 Å². The van der Waals surface area contributed by atoms with E-state index in [2.05, 4.69) is 20.5 Å². The molecule has 106 valence electrons. The van der Waals surface area contributed by atoms with Crippen LogP contribution in [0.25, 0.3) is 11.0 Å². The first-order valence-electron chi connectivity index (χ1n) is 6.13. The quantitative estimate of drug-likeness (QED) is 0.753. The minimum Gasteiger partial charge on any atom is -0.305 e. The normalized spacial score (nSPS) is 10.8. The number of nitrogens with one attached hydrogen (secondary N) is 2. The fourth-order valence-electron chi connectivity index (χ4n) is 1.91. The number of carbonyl (C=O) groups excluding carboxylic acids is 1. The minimum absolute atomic E-state index is 0.317. The molecule has 0 saturated heterocycles. The van der Waals surface area contributed by atoms with Gasteiger partial charge in [0.1, 0.15) is 0 Å². The minimum atomic E-state index is -0.317. The number of anilines is 1. The Bertz CT molecular complexity index is 844. The number of benzene rings is 1. The van der Waals surface area contributed by atoms with Gasteiger partial charge in [-0.3, -0.25) is 9.89 Å². The molecule has 5 nitrogen and oxygen atoms in total. The van der Waals surface area contributed by atoms with Crippen molar-refractivity contribution in [3.05, 3.63) is 51.6 Å². The highest BCUT2D eigenvalue weighted by Crippen LogP contribution is 2.24. The van der Waals surface area contributed by atoms with Crippen LogP contribution in [0, 0.1) is 6.92 Å². The highest BCUT2D eigenvalue weighted by Gasteiger charge is 2.13. The third kappa shape index (κ3) is 2.70. The molecule has 3 rings (SSSR count). The molecule has 7 heteroatoms. The molecule has 2 aromatic heterocycles. The summed E-state index contributed by atoms with van der Waals surface area (Å²) in [5.41, 5.74) is 1.90. The smallest absolute Gasteiger partial charge is 0.256 e. The molecule has 0 atom stereocenters. The van der Waals surface area contributed by atoms with Crippen LogP contribution in [0.5, 0.6) is 0 Å². The molecule has 0 fully saturated rings. The summed E-state index contributed by atoms with van der Waals surface area (Å²) in [5.74, 6) is 0.108. The zero-order valence-corrected chi connectivity index (χ0v) is 12.5. The van der Waals surface area contributed by atoms with Crippen LogP contribution in [0.2, 0.25) is 10.0 Å². The second-order valence-corrected chi connectivity index (χ2v) is 5.32. The maximum atomic E-state index is 12.2. The van der Waals surface area contributed by atoms with Crippen molar-refractivity contribution in [3.63, 3.8) is 0 Å². The van der Waals surface area contributed by atoms with Crippen LogP contribution < -0.4 is 5.32 Å². The van der Waals surface area contributed by atoms with Crippen LogP contribution in [0.3, 0.4) is 0 Å². The lowest BCUT2D eigenvalue weighted by molar-refractivity contribution is 0.102. The predicted octanol–water partition coefficient (Wildman–Crippen LogP) is 3.83. The fraction of sp³-hybridized carbons (Fsp3) is 0.0714. The Morgan fingerprint density at radius 2 is 2.00 bits per heavy atom. The van der Waals surface area contributed by atoms with Gasteiger partial charge in [0, 0.05) is 11.3 Å². The molecule has 0 radical (unpaired) electrons. The summed E-state index contributed by atoms with van der Waals surface area (Å²) in [5, 5.41) is 11.0. The standard InChI is InChI=1S/C14H10Cl2N4O/c1-7-2-4-9-12(17-7)19-20-13(9)18-14(21)8-3-5-10(15)11(16)6-8/h2-6H,1H3,(H2,17,18,19,20,21). The number of fused-ring (bicyclic) bond motifs is 1. The molecule has 0 saturated carbocycles. The Kier molecular flexibility index (Phi) is 3.53. The van der Waals surface area contributed by atoms with Gasteiger partial charge in [-0.2, -0.15) is 5.10 Å². The number of nitrogens with zero attached hydrogens (tertiary/aromatic N) is 2. The summed E-state index contributed by atoms with van der Waals surface area (Å²) in [6.45, 7) is 1.88. The van der Waals surface area contributed by atoms with Gasteiger partial charge < -0.3 is 5.32 Å². The first kappa shape index (κ1) is 13.9. The summed E-state index contributed by atoms with van der Waals surface area (Å²) in [7, 11) is 0. The average molecular weight is 321 g/mol. The molecule has 0 aliphatic heterocycles. The molecule has 0 bridgehead atoms. The number of hydrogen-bond donors (Lipinski definition) is 2. The number of H-pyrrole nitrogens is 1. The second kappa shape index (κ2) is 5.35. The van der Waals surface area contributed by atoms with E-state index >= 15 is 0 Å². The number of hydrogen-bond acceptors (Lipinski definition) is 3. The predicted molar refractivity (Wildman–Crippen MR) is 83.0 cm³/mol. The maximum Gasteiger partial charge on any atom is 0.256 e. The summed E-state index contributed by atoms with van der Waals surface area (Å²) in [6, 6.07) is 8.39. The monoisotopic (exact) mass is 320 g/mol. The molecule has 0 unspecified atom stereocenters. The number of aryl methyl sites for hydroxylation is 1. The van der Waals surface area contributed by atoms with E-state index in [0.29, 0.717) is 27.1 Å². The highest BCUT2D eigenvalue weighted by molar-refractivity contribution is 6.42. The third-order valence-electron chi connectivity index (χ3n) is 2.98. The first-order valence-corrected chi connectivity index (χ1v) is 6.88. The third-order valence-corrected chi connectivity index (χ3v) is 3.72. The van der Waals surface area contributed by atoms with E-state index < -0.39 is 0 Å². The van der Waals surface area contributed by atoms with Crippen LogP contribution in [-0.4, -0.2) is 21.1 Å². The molecule has 0 aliphatic rings. The van der Waals surface area contributed by atoms with Crippen molar-refractivity contribution in [1.82, 2.24) is 15.2 Å². The zero-order chi connectivity index (χ0) is 15.0. The Balaban J connectivity index is 1.91. The van der Waals surface area contributed by atoms with Gasteiger partial charge in [-0.05, 0) is 37.3 Å². The lowest BCUT2D eigenvalue weighted by Gasteiger charge is -2.04. The molecule has 0 spiro atoms. The van der Waals surface area contributed by atoms with Crippen molar-refractivity contribution in [2.24, 2.45) is 0 Å². The number of halogens is 2. The van der Waals surface area contributed by atoms with Gasteiger partial charge >= 0.3 is 0 Å². The number of aromatic amines is 1. The molecular weight excluding hydrogens is 311 g/mol. The van der Waals surface area contributed by atoms with Crippen LogP contribution >= 0.6 is 23.2 Å². The van der Waals surface area contributed by atoms with Crippen LogP contribution in [0.4, 0.5) is 5.82 Å². The van der Waals surface area contributed by atoms with Gasteiger partial charge in [-0.25, -0.2) is 4.98 Å². The lowest BCUT2D eigenvalue weighted by Crippen LogP contribution is -2.12. The average Bonchev–Trinajstić information content (AvgIpc) is 2.84. The number of rotatable bonds is 2. The van der Waals surface area contributed by atoms with Crippen molar-refractivity contribution < 1.29 is 4.79 Å². The number of aromatic nitrogens is 3. The van der Waals surface area contributed by atoms with E-state index in [9.17, 15) is 4.79 Å². The zero-order valence-electron chi connectivity index (χ0n) is 10.9. The topological polar surface area (TPSA) is 70.7 Å². The molecule has 21 heavy (non-hydrogen) atoms. The van der Waals surface area contributed by atoms with E-state index in [1.54, 1.807) is 12.1 Å². The van der Waals surface area contributed by atoms with Gasteiger partial charge in [0.25, 0.3) is 5.91 Å². The van der Waals surface area contributed by atoms with Crippen LogP contribution in [0.1, 0.15) is 16.1 Å². The SMILES string of the molecule is Cc1ccc2c(NC(=O)c3ccc(Cl)c(Cl)c3)n[nH]c2n1. The Morgan fingerprint density at radius 1 is 1.19 bits per heavy atom. The van der Waals surface area contributed by atoms with Crippen LogP contribution in [-0.2, 0) is 0 Å². The Morgan fingerprint density at radius 3 is 2.76 bits per heavy atom. The summed E-state index contributed by atoms with van der Waals surface area (Å²) < 4.78 is 0. The van der Waals surface area contributed by atoms with Crippen molar-refractivity contribution >= 4 is 46.0 Å². The second-order valence-electron chi connectivity index (χ2n) is 4.50. The van der Waals surface area contributed by atoms with E-state index in [1.165, 1.54) is 6.07 Å². The van der Waals surface area contributed by atoms with E-state index in [4.69, 9.17) is 23.2 Å². The molecule has 1 amide bonds. The molecule has 2 N–H and O–H groups in total. The summed E-state index contributed by atoms with van der Waals surface area (Å²) in [6.07, 6.45) is 0. The van der Waals surface area contributed by atoms with E-state index in [-0.39, 0.29) is 5.91 Å². The molecule has 1 aromatic carbocycles. The summed E-state index contributed by atoms with van der Waals surface area (Å²) in [4.78, 5) is 16.5. The van der Waals surface area contributed by atoms with E-state index in [0.717, 1.165) is 11.1 Å².